The molecule has 4 nitrogen and oxygen atoms in total. The molecule has 0 aliphatic carbocycles. The lowest BCUT2D eigenvalue weighted by Gasteiger charge is -2.49. The Kier molecular flexibility index (Phi) is 8.71. The minimum Gasteiger partial charge on any atom is -0.488 e. The number of benzene rings is 3. The Morgan fingerprint density at radius 3 is 2.19 bits per heavy atom. The summed E-state index contributed by atoms with van der Waals surface area (Å²) in [4.78, 5) is 2.45. The van der Waals surface area contributed by atoms with Gasteiger partial charge in [0, 0.05) is 18.6 Å². The van der Waals surface area contributed by atoms with Crippen molar-refractivity contribution in [2.75, 3.05) is 19.7 Å². The summed E-state index contributed by atoms with van der Waals surface area (Å²) >= 11 is 6.23. The van der Waals surface area contributed by atoms with Gasteiger partial charge >= 0.3 is 0 Å². The molecule has 192 valence electrons. The largest absolute Gasteiger partial charge is 0.488 e. The van der Waals surface area contributed by atoms with Gasteiger partial charge in [-0.15, -0.1) is 0 Å². The second kappa shape index (κ2) is 12.0. The van der Waals surface area contributed by atoms with E-state index in [2.05, 4.69) is 55.7 Å². The van der Waals surface area contributed by atoms with Crippen molar-refractivity contribution in [1.82, 2.24) is 4.90 Å². The second-order valence-electron chi connectivity index (χ2n) is 10.3. The first-order valence-corrected chi connectivity index (χ1v) is 13.2. The fraction of sp³-hybridized carbons (Fsp3) is 0.344. The Morgan fingerprint density at radius 1 is 1.00 bits per heavy atom. The standard InChI is InChI=1S/C32H35ClN2O2/c1-4-19-36-30-20-25(15-16-29(30)33)23-37-28-21-35(22-28)31(2,3)17-18-32(24-34,26-11-7-5-8-12-26)27-13-9-6-10-14-27/h4-16,20,28H,1,17-19,21-23H2,2-3H3. The third-order valence-electron chi connectivity index (χ3n) is 7.38. The molecule has 1 fully saturated rings. The highest BCUT2D eigenvalue weighted by Crippen LogP contribution is 2.40. The molecule has 4 rings (SSSR count). The van der Waals surface area contributed by atoms with E-state index in [4.69, 9.17) is 21.1 Å². The number of likely N-dealkylation sites (tertiary alicyclic amines) is 1. The fourth-order valence-electron chi connectivity index (χ4n) is 4.89. The van der Waals surface area contributed by atoms with Gasteiger partial charge < -0.3 is 9.47 Å². The van der Waals surface area contributed by atoms with Crippen molar-refractivity contribution >= 4 is 11.6 Å². The molecule has 0 N–H and O–H groups in total. The van der Waals surface area contributed by atoms with Gasteiger partial charge in [-0.05, 0) is 55.5 Å². The maximum Gasteiger partial charge on any atom is 0.138 e. The van der Waals surface area contributed by atoms with Crippen molar-refractivity contribution in [2.24, 2.45) is 0 Å². The summed E-state index contributed by atoms with van der Waals surface area (Å²) in [6, 6.07) is 28.8. The van der Waals surface area contributed by atoms with Gasteiger partial charge in [-0.25, -0.2) is 0 Å². The molecule has 0 aromatic heterocycles. The number of rotatable bonds is 12. The van der Waals surface area contributed by atoms with Crippen molar-refractivity contribution < 1.29 is 9.47 Å². The molecule has 3 aromatic carbocycles. The maximum absolute atomic E-state index is 10.5. The van der Waals surface area contributed by atoms with Crippen molar-refractivity contribution in [3.63, 3.8) is 0 Å². The zero-order valence-electron chi connectivity index (χ0n) is 21.7. The van der Waals surface area contributed by atoms with E-state index in [1.165, 1.54) is 0 Å². The Bertz CT molecular complexity index is 1180. The molecule has 0 bridgehead atoms. The molecular weight excluding hydrogens is 480 g/mol. The van der Waals surface area contributed by atoms with Crippen LogP contribution in [0.3, 0.4) is 0 Å². The third kappa shape index (κ3) is 6.25. The molecule has 0 radical (unpaired) electrons. The van der Waals surface area contributed by atoms with Gasteiger partial charge in [0.25, 0.3) is 0 Å². The molecule has 5 heteroatoms. The van der Waals surface area contributed by atoms with E-state index in [1.54, 1.807) is 6.08 Å². The second-order valence-corrected chi connectivity index (χ2v) is 10.7. The van der Waals surface area contributed by atoms with Crippen molar-refractivity contribution in [1.29, 1.82) is 5.26 Å². The predicted octanol–water partition coefficient (Wildman–Crippen LogP) is 7.17. The van der Waals surface area contributed by atoms with Crippen molar-refractivity contribution in [3.8, 4) is 11.8 Å². The van der Waals surface area contributed by atoms with E-state index in [0.717, 1.165) is 42.6 Å². The monoisotopic (exact) mass is 514 g/mol. The molecule has 0 saturated carbocycles. The highest BCUT2D eigenvalue weighted by molar-refractivity contribution is 6.32. The molecule has 1 saturated heterocycles. The minimum absolute atomic E-state index is 0.0580. The van der Waals surface area contributed by atoms with Gasteiger partial charge in [0.15, 0.2) is 0 Å². The molecule has 37 heavy (non-hydrogen) atoms. The molecule has 0 spiro atoms. The van der Waals surface area contributed by atoms with E-state index in [1.807, 2.05) is 54.6 Å². The van der Waals surface area contributed by atoms with E-state index in [9.17, 15) is 5.26 Å². The Hall–Kier alpha value is -3.10. The summed E-state index contributed by atoms with van der Waals surface area (Å²) < 4.78 is 11.8. The van der Waals surface area contributed by atoms with Gasteiger partial charge in [0.05, 0.1) is 23.8 Å². The SMILES string of the molecule is C=CCOc1cc(COC2CN(C(C)(C)CCC(C#N)(c3ccccc3)c3ccccc3)C2)ccc1Cl. The zero-order valence-corrected chi connectivity index (χ0v) is 22.5. The van der Waals surface area contributed by atoms with Gasteiger partial charge in [-0.3, -0.25) is 4.90 Å². The number of hydrogen-bond donors (Lipinski definition) is 0. The number of ether oxygens (including phenoxy) is 2. The van der Waals surface area contributed by atoms with Crippen LogP contribution >= 0.6 is 11.6 Å². The van der Waals surface area contributed by atoms with E-state index < -0.39 is 5.41 Å². The number of halogens is 1. The number of nitriles is 1. The van der Waals surface area contributed by atoms with E-state index >= 15 is 0 Å². The summed E-state index contributed by atoms with van der Waals surface area (Å²) in [5.41, 5.74) is 2.39. The van der Waals surface area contributed by atoms with Crippen LogP contribution in [-0.2, 0) is 16.8 Å². The number of hydrogen-bond acceptors (Lipinski definition) is 4. The lowest BCUT2D eigenvalue weighted by atomic mass is 9.70. The van der Waals surface area contributed by atoms with Crippen LogP contribution in [0.1, 0.15) is 43.4 Å². The average Bonchev–Trinajstić information content (AvgIpc) is 2.89. The summed E-state index contributed by atoms with van der Waals surface area (Å²) in [5.74, 6) is 0.650. The lowest BCUT2D eigenvalue weighted by Crippen LogP contribution is -2.60. The quantitative estimate of drug-likeness (QED) is 0.240. The van der Waals surface area contributed by atoms with Crippen molar-refractivity contribution in [3.05, 3.63) is 113 Å². The van der Waals surface area contributed by atoms with Crippen LogP contribution in [0.2, 0.25) is 5.02 Å². The smallest absolute Gasteiger partial charge is 0.138 e. The van der Waals surface area contributed by atoms with Crippen LogP contribution in [-0.4, -0.2) is 36.2 Å². The lowest BCUT2D eigenvalue weighted by molar-refractivity contribution is -0.102. The van der Waals surface area contributed by atoms with Crippen LogP contribution in [0.25, 0.3) is 0 Å². The van der Waals surface area contributed by atoms with Crippen LogP contribution in [0, 0.1) is 11.3 Å². The van der Waals surface area contributed by atoms with Crippen LogP contribution in [0.15, 0.2) is 91.5 Å². The van der Waals surface area contributed by atoms with Gasteiger partial charge in [0.2, 0.25) is 0 Å². The van der Waals surface area contributed by atoms with E-state index in [-0.39, 0.29) is 11.6 Å². The minimum atomic E-state index is -0.680. The summed E-state index contributed by atoms with van der Waals surface area (Å²) in [6.07, 6.45) is 3.50. The zero-order chi connectivity index (χ0) is 26.3. The Morgan fingerprint density at radius 2 is 1.62 bits per heavy atom. The maximum atomic E-state index is 10.5. The molecular formula is C32H35ClN2O2. The summed E-state index contributed by atoms with van der Waals surface area (Å²) in [5, 5.41) is 11.1. The predicted molar refractivity (Wildman–Crippen MR) is 150 cm³/mol. The Balaban J connectivity index is 1.36. The third-order valence-corrected chi connectivity index (χ3v) is 7.69. The van der Waals surface area contributed by atoms with Crippen LogP contribution in [0.5, 0.6) is 5.75 Å². The normalized spacial score (nSPS) is 14.5. The average molecular weight is 515 g/mol. The van der Waals surface area contributed by atoms with Crippen LogP contribution < -0.4 is 4.74 Å². The highest BCUT2D eigenvalue weighted by Gasteiger charge is 2.41. The highest BCUT2D eigenvalue weighted by atomic mass is 35.5. The summed E-state index contributed by atoms with van der Waals surface area (Å²) in [6.45, 7) is 10.9. The summed E-state index contributed by atoms with van der Waals surface area (Å²) in [7, 11) is 0. The topological polar surface area (TPSA) is 45.5 Å². The number of nitrogens with zero attached hydrogens (tertiary/aromatic N) is 2. The molecule has 0 amide bonds. The first-order chi connectivity index (χ1) is 17.9. The molecule has 0 atom stereocenters. The first kappa shape index (κ1) is 26.9. The Labute approximate surface area is 226 Å². The van der Waals surface area contributed by atoms with Crippen molar-refractivity contribution in [2.45, 2.75) is 50.4 Å². The molecule has 0 unspecified atom stereocenters. The van der Waals surface area contributed by atoms with E-state index in [0.29, 0.717) is 24.0 Å². The molecule has 1 heterocycles. The van der Waals surface area contributed by atoms with Gasteiger partial charge in [0.1, 0.15) is 17.8 Å². The molecule has 3 aromatic rings. The fourth-order valence-corrected chi connectivity index (χ4v) is 5.06. The van der Waals surface area contributed by atoms with Gasteiger partial charge in [-0.2, -0.15) is 5.26 Å². The first-order valence-electron chi connectivity index (χ1n) is 12.8. The van der Waals surface area contributed by atoms with Crippen LogP contribution in [0.4, 0.5) is 0 Å². The molecule has 1 aliphatic heterocycles. The molecule has 1 aliphatic rings. The van der Waals surface area contributed by atoms with Gasteiger partial charge in [-0.1, -0.05) is 91.0 Å².